The normalized spacial score (nSPS) is 19.9. The molecular weight excluding hydrogens is 178 g/mol. The summed E-state index contributed by atoms with van der Waals surface area (Å²) in [5, 5.41) is 11.7. The lowest BCUT2D eigenvalue weighted by Crippen LogP contribution is -2.46. The molecule has 1 fully saturated rings. The summed E-state index contributed by atoms with van der Waals surface area (Å²) >= 11 is 0. The van der Waals surface area contributed by atoms with Crippen LogP contribution in [0.4, 0.5) is 4.79 Å². The molecule has 1 heterocycles. The van der Waals surface area contributed by atoms with E-state index >= 15 is 0 Å². The molecule has 1 N–H and O–H groups in total. The van der Waals surface area contributed by atoms with Gasteiger partial charge in [-0.1, -0.05) is 0 Å². The van der Waals surface area contributed by atoms with E-state index in [0.717, 1.165) is 12.8 Å². The Hall–Kier alpha value is -1.24. The highest BCUT2D eigenvalue weighted by molar-refractivity contribution is 5.74. The Bertz CT molecular complexity index is 249. The van der Waals surface area contributed by atoms with Crippen LogP contribution >= 0.6 is 0 Å². The molecule has 1 rings (SSSR count). The highest BCUT2D eigenvalue weighted by atomic mass is 16.2. The predicted molar refractivity (Wildman–Crippen MR) is 53.6 cm³/mol. The van der Waals surface area contributed by atoms with E-state index < -0.39 is 0 Å². The molecule has 0 bridgehead atoms. The Morgan fingerprint density at radius 2 is 2.14 bits per heavy atom. The van der Waals surface area contributed by atoms with Crippen LogP contribution in [0.5, 0.6) is 0 Å². The second-order valence-corrected chi connectivity index (χ2v) is 3.99. The zero-order chi connectivity index (χ0) is 10.6. The summed E-state index contributed by atoms with van der Waals surface area (Å²) in [5.41, 5.74) is -0.233. The fraction of sp³-hybridized carbons (Fsp3) is 0.800. The van der Waals surface area contributed by atoms with Crippen LogP contribution in [0.1, 0.15) is 26.7 Å². The van der Waals surface area contributed by atoms with E-state index in [9.17, 15) is 4.79 Å². The quantitative estimate of drug-likeness (QED) is 0.686. The minimum absolute atomic E-state index is 0.00695. The molecule has 0 spiro atoms. The molecule has 4 heteroatoms. The van der Waals surface area contributed by atoms with Crippen molar-refractivity contribution in [3.8, 4) is 6.07 Å². The molecule has 0 radical (unpaired) electrons. The maximum Gasteiger partial charge on any atom is 0.317 e. The number of likely N-dealkylation sites (tertiary alicyclic amines) is 1. The van der Waals surface area contributed by atoms with Crippen molar-refractivity contribution in [1.82, 2.24) is 10.2 Å². The molecule has 0 aromatic heterocycles. The predicted octanol–water partition coefficient (Wildman–Crippen LogP) is 1.34. The summed E-state index contributed by atoms with van der Waals surface area (Å²) in [6, 6.07) is 2.31. The van der Waals surface area contributed by atoms with E-state index in [1.54, 1.807) is 4.90 Å². The number of hydrogen-bond acceptors (Lipinski definition) is 2. The first kappa shape index (κ1) is 10.8. The number of nitriles is 1. The highest BCUT2D eigenvalue weighted by Crippen LogP contribution is 2.29. The van der Waals surface area contributed by atoms with Crippen molar-refractivity contribution in [2.45, 2.75) is 26.7 Å². The highest BCUT2D eigenvalue weighted by Gasteiger charge is 2.31. The number of rotatable bonds is 1. The molecule has 2 amide bonds. The molecule has 78 valence electrons. The number of carbonyl (C=O) groups is 1. The van der Waals surface area contributed by atoms with Gasteiger partial charge in [0.05, 0.1) is 11.5 Å². The fourth-order valence-corrected chi connectivity index (χ4v) is 1.58. The lowest BCUT2D eigenvalue weighted by Gasteiger charge is -2.34. The molecule has 0 aliphatic carbocycles. The summed E-state index contributed by atoms with van der Waals surface area (Å²) in [4.78, 5) is 13.2. The third-order valence-electron chi connectivity index (χ3n) is 2.75. The first-order valence-corrected chi connectivity index (χ1v) is 5.05. The second kappa shape index (κ2) is 4.32. The van der Waals surface area contributed by atoms with E-state index in [2.05, 4.69) is 11.4 Å². The molecular formula is C10H17N3O. The summed E-state index contributed by atoms with van der Waals surface area (Å²) in [6.45, 7) is 5.90. The summed E-state index contributed by atoms with van der Waals surface area (Å²) in [6.07, 6.45) is 1.56. The van der Waals surface area contributed by atoms with Crippen LogP contribution in [0.25, 0.3) is 0 Å². The minimum Gasteiger partial charge on any atom is -0.338 e. The van der Waals surface area contributed by atoms with Crippen LogP contribution in [0.3, 0.4) is 0 Å². The van der Waals surface area contributed by atoms with Gasteiger partial charge in [-0.15, -0.1) is 0 Å². The van der Waals surface area contributed by atoms with Gasteiger partial charge in [-0.2, -0.15) is 5.26 Å². The minimum atomic E-state index is -0.233. The van der Waals surface area contributed by atoms with Crippen LogP contribution in [0.15, 0.2) is 0 Å². The number of urea groups is 1. The van der Waals surface area contributed by atoms with E-state index in [1.807, 2.05) is 13.8 Å². The van der Waals surface area contributed by atoms with Gasteiger partial charge >= 0.3 is 6.03 Å². The SMILES string of the molecule is CCNC(=O)N1CCC(C)(C#N)CC1. The zero-order valence-corrected chi connectivity index (χ0v) is 8.84. The van der Waals surface area contributed by atoms with E-state index in [4.69, 9.17) is 5.26 Å². The maximum absolute atomic E-state index is 11.4. The lowest BCUT2D eigenvalue weighted by molar-refractivity contribution is 0.156. The van der Waals surface area contributed by atoms with Gasteiger partial charge < -0.3 is 10.2 Å². The van der Waals surface area contributed by atoms with Crippen molar-refractivity contribution in [1.29, 1.82) is 5.26 Å². The topological polar surface area (TPSA) is 56.1 Å². The average molecular weight is 195 g/mol. The largest absolute Gasteiger partial charge is 0.338 e. The molecule has 0 unspecified atom stereocenters. The van der Waals surface area contributed by atoms with Gasteiger partial charge in [0.15, 0.2) is 0 Å². The average Bonchev–Trinajstić information content (AvgIpc) is 2.19. The third kappa shape index (κ3) is 2.38. The number of hydrogen-bond donors (Lipinski definition) is 1. The Morgan fingerprint density at radius 3 is 2.57 bits per heavy atom. The van der Waals surface area contributed by atoms with Crippen molar-refractivity contribution < 1.29 is 4.79 Å². The molecule has 0 atom stereocenters. The monoisotopic (exact) mass is 195 g/mol. The molecule has 1 aliphatic rings. The van der Waals surface area contributed by atoms with Gasteiger partial charge in [0.1, 0.15) is 0 Å². The van der Waals surface area contributed by atoms with Gasteiger partial charge in [0.25, 0.3) is 0 Å². The zero-order valence-electron chi connectivity index (χ0n) is 8.84. The molecule has 0 saturated carbocycles. The van der Waals surface area contributed by atoms with Crippen molar-refractivity contribution in [3.63, 3.8) is 0 Å². The Balaban J connectivity index is 2.44. The number of nitrogens with one attached hydrogen (secondary N) is 1. The van der Waals surface area contributed by atoms with Gasteiger partial charge in [-0.3, -0.25) is 0 Å². The molecule has 0 aromatic carbocycles. The third-order valence-corrected chi connectivity index (χ3v) is 2.75. The van der Waals surface area contributed by atoms with Crippen LogP contribution in [0, 0.1) is 16.7 Å². The maximum atomic E-state index is 11.4. The first-order valence-electron chi connectivity index (χ1n) is 5.05. The van der Waals surface area contributed by atoms with Gasteiger partial charge in [-0.05, 0) is 26.7 Å². The molecule has 14 heavy (non-hydrogen) atoms. The van der Waals surface area contributed by atoms with E-state index in [0.29, 0.717) is 19.6 Å². The summed E-state index contributed by atoms with van der Waals surface area (Å²) in [7, 11) is 0. The van der Waals surface area contributed by atoms with E-state index in [1.165, 1.54) is 0 Å². The van der Waals surface area contributed by atoms with Crippen LogP contribution in [-0.2, 0) is 0 Å². The number of nitrogens with zero attached hydrogens (tertiary/aromatic N) is 2. The Morgan fingerprint density at radius 1 is 1.57 bits per heavy atom. The van der Waals surface area contributed by atoms with Gasteiger partial charge in [-0.25, -0.2) is 4.79 Å². The van der Waals surface area contributed by atoms with Crippen LogP contribution < -0.4 is 5.32 Å². The molecule has 0 aromatic rings. The van der Waals surface area contributed by atoms with Crippen molar-refractivity contribution >= 4 is 6.03 Å². The van der Waals surface area contributed by atoms with Gasteiger partial charge in [0, 0.05) is 19.6 Å². The van der Waals surface area contributed by atoms with Crippen molar-refractivity contribution in [3.05, 3.63) is 0 Å². The van der Waals surface area contributed by atoms with Crippen LogP contribution in [0.2, 0.25) is 0 Å². The summed E-state index contributed by atoms with van der Waals surface area (Å²) in [5.74, 6) is 0. The molecule has 1 aliphatic heterocycles. The Labute approximate surface area is 84.9 Å². The Kier molecular flexibility index (Phi) is 3.34. The van der Waals surface area contributed by atoms with Crippen LogP contribution in [-0.4, -0.2) is 30.6 Å². The van der Waals surface area contributed by atoms with Crippen molar-refractivity contribution in [2.24, 2.45) is 5.41 Å². The summed E-state index contributed by atoms with van der Waals surface area (Å²) < 4.78 is 0. The second-order valence-electron chi connectivity index (χ2n) is 3.99. The molecule has 4 nitrogen and oxygen atoms in total. The lowest BCUT2D eigenvalue weighted by atomic mass is 9.82. The number of piperidine rings is 1. The smallest absolute Gasteiger partial charge is 0.317 e. The number of carbonyl (C=O) groups excluding carboxylic acids is 1. The van der Waals surface area contributed by atoms with E-state index in [-0.39, 0.29) is 11.4 Å². The first-order chi connectivity index (χ1) is 6.61. The number of amides is 2. The standard InChI is InChI=1S/C10H17N3O/c1-3-12-9(14)13-6-4-10(2,8-11)5-7-13/h3-7H2,1-2H3,(H,12,14). The van der Waals surface area contributed by atoms with Crippen molar-refractivity contribution in [2.75, 3.05) is 19.6 Å². The van der Waals surface area contributed by atoms with Gasteiger partial charge in [0.2, 0.25) is 0 Å². The fourth-order valence-electron chi connectivity index (χ4n) is 1.58. The molecule has 1 saturated heterocycles.